The summed E-state index contributed by atoms with van der Waals surface area (Å²) in [7, 11) is 0. The number of rotatable bonds is 11. The highest BCUT2D eigenvalue weighted by Gasteiger charge is 2.32. The Kier molecular flexibility index (Phi) is 10.3. The highest BCUT2D eigenvalue weighted by molar-refractivity contribution is 6.09. The fourth-order valence-electron chi connectivity index (χ4n) is 7.75. The zero-order valence-electron chi connectivity index (χ0n) is 28.5. The van der Waals surface area contributed by atoms with Gasteiger partial charge in [-0.15, -0.1) is 4.79 Å². The lowest BCUT2D eigenvalue weighted by molar-refractivity contribution is -0.132. The zero-order valence-corrected chi connectivity index (χ0v) is 28.5. The van der Waals surface area contributed by atoms with Crippen LogP contribution in [0, 0.1) is 0 Å². The van der Waals surface area contributed by atoms with Crippen LogP contribution in [-0.4, -0.2) is 71.0 Å². The van der Waals surface area contributed by atoms with Crippen LogP contribution in [-0.2, 0) is 16.0 Å². The number of carbonyl (C=O) groups excluding carboxylic acids is 2. The fourth-order valence-corrected chi connectivity index (χ4v) is 7.75. The summed E-state index contributed by atoms with van der Waals surface area (Å²) in [5, 5.41) is 15.2. The summed E-state index contributed by atoms with van der Waals surface area (Å²) >= 11 is 0. The van der Waals surface area contributed by atoms with Crippen molar-refractivity contribution in [3.8, 4) is 11.5 Å². The van der Waals surface area contributed by atoms with Crippen molar-refractivity contribution >= 4 is 17.5 Å². The zero-order chi connectivity index (χ0) is 34.5. The lowest BCUT2D eigenvalue weighted by Gasteiger charge is -2.36. The SMILES string of the molecule is O=C1CCCC(=O)N1n1ncc(N2CCN(CCCCCOc3ccc([C@@H]4c5ccc(O)cc5CC[C@@H]4c4ccccc4)cc3)CC2)cc1=O. The number of ether oxygens (including phenoxy) is 1. The molecule has 10 heteroatoms. The van der Waals surface area contributed by atoms with Crippen LogP contribution in [0.2, 0.25) is 0 Å². The normalized spacial score (nSPS) is 19.8. The van der Waals surface area contributed by atoms with Crippen LogP contribution in [0.5, 0.6) is 11.5 Å². The van der Waals surface area contributed by atoms with Gasteiger partial charge in [-0.3, -0.25) is 19.3 Å². The number of benzene rings is 3. The van der Waals surface area contributed by atoms with Crippen LogP contribution in [0.25, 0.3) is 0 Å². The van der Waals surface area contributed by atoms with Crippen LogP contribution in [0.1, 0.15) is 79.0 Å². The average molecular weight is 676 g/mol. The van der Waals surface area contributed by atoms with E-state index in [-0.39, 0.29) is 30.6 Å². The van der Waals surface area contributed by atoms with Crippen molar-refractivity contribution in [3.63, 3.8) is 0 Å². The number of piperidine rings is 1. The smallest absolute Gasteiger partial charge is 0.288 e. The van der Waals surface area contributed by atoms with Gasteiger partial charge >= 0.3 is 0 Å². The Morgan fingerprint density at radius 2 is 1.54 bits per heavy atom. The number of phenols is 1. The lowest BCUT2D eigenvalue weighted by Crippen LogP contribution is -2.53. The number of phenolic OH excluding ortho intramolecular Hbond substituents is 1. The van der Waals surface area contributed by atoms with Crippen LogP contribution in [0.4, 0.5) is 5.69 Å². The Morgan fingerprint density at radius 3 is 2.28 bits per heavy atom. The highest BCUT2D eigenvalue weighted by atomic mass is 16.5. The molecule has 0 unspecified atom stereocenters. The van der Waals surface area contributed by atoms with E-state index in [2.05, 4.69) is 75.6 Å². The molecule has 50 heavy (non-hydrogen) atoms. The molecule has 2 saturated heterocycles. The van der Waals surface area contributed by atoms with E-state index in [1.165, 1.54) is 28.3 Å². The summed E-state index contributed by atoms with van der Waals surface area (Å²) in [4.78, 5) is 42.7. The summed E-state index contributed by atoms with van der Waals surface area (Å²) in [6.45, 7) is 5.06. The summed E-state index contributed by atoms with van der Waals surface area (Å²) in [5.41, 5.74) is 5.39. The molecule has 2 amide bonds. The molecule has 1 aliphatic carbocycles. The van der Waals surface area contributed by atoms with Crippen molar-refractivity contribution < 1.29 is 19.4 Å². The minimum atomic E-state index is -0.472. The van der Waals surface area contributed by atoms with E-state index in [0.717, 1.165) is 80.4 Å². The standard InChI is InChI=1S/C40H45N5O5/c46-33-15-19-36-31(26-33)14-18-35(29-8-3-1-4-9-29)40(36)30-12-16-34(17-13-30)50-25-6-2-5-20-42-21-23-43(24-22-42)32-27-39(49)45(41-28-32)44-37(47)10-7-11-38(44)48/h1,3-4,8-9,12-13,15-17,19,26-28,35,40,46H,2,5-7,10-11,14,18,20-25H2/t35-,40+/m1/s1. The first-order chi connectivity index (χ1) is 24.4. The molecule has 1 N–H and O–H groups in total. The van der Waals surface area contributed by atoms with Crippen LogP contribution in [0.3, 0.4) is 0 Å². The molecule has 0 radical (unpaired) electrons. The van der Waals surface area contributed by atoms with E-state index >= 15 is 0 Å². The predicted octanol–water partition coefficient (Wildman–Crippen LogP) is 5.36. The van der Waals surface area contributed by atoms with E-state index < -0.39 is 5.56 Å². The van der Waals surface area contributed by atoms with Crippen LogP contribution < -0.4 is 20.2 Å². The van der Waals surface area contributed by atoms with Gasteiger partial charge in [0.25, 0.3) is 5.56 Å². The number of hydrogen-bond donors (Lipinski definition) is 1. The van der Waals surface area contributed by atoms with Crippen molar-refractivity contribution in [3.05, 3.63) is 118 Å². The average Bonchev–Trinajstić information content (AvgIpc) is 3.14. The molecular weight excluding hydrogens is 630 g/mol. The van der Waals surface area contributed by atoms with Gasteiger partial charge in [0.05, 0.1) is 18.5 Å². The molecule has 0 spiro atoms. The molecule has 1 aromatic heterocycles. The number of nitrogens with zero attached hydrogens (tertiary/aromatic N) is 5. The molecule has 10 nitrogen and oxygen atoms in total. The van der Waals surface area contributed by atoms with Gasteiger partial charge < -0.3 is 14.7 Å². The molecule has 0 bridgehead atoms. The highest BCUT2D eigenvalue weighted by Crippen LogP contribution is 2.47. The maximum absolute atomic E-state index is 12.7. The minimum Gasteiger partial charge on any atom is -0.508 e. The van der Waals surface area contributed by atoms with E-state index in [0.29, 0.717) is 30.4 Å². The first-order valence-corrected chi connectivity index (χ1v) is 18.0. The number of amides is 2. The molecule has 2 aliphatic heterocycles. The van der Waals surface area contributed by atoms with Gasteiger partial charge in [-0.1, -0.05) is 48.5 Å². The third-order valence-corrected chi connectivity index (χ3v) is 10.4. The largest absolute Gasteiger partial charge is 0.508 e. The maximum atomic E-state index is 12.7. The monoisotopic (exact) mass is 675 g/mol. The number of aromatic nitrogens is 2. The van der Waals surface area contributed by atoms with Gasteiger partial charge in [0.15, 0.2) is 0 Å². The number of hydrogen-bond acceptors (Lipinski definition) is 8. The van der Waals surface area contributed by atoms with E-state index in [9.17, 15) is 19.5 Å². The Balaban J connectivity index is 0.852. The molecule has 4 aromatic rings. The third kappa shape index (κ3) is 7.45. The number of carbonyl (C=O) groups is 2. The van der Waals surface area contributed by atoms with Gasteiger partial charge in [0.1, 0.15) is 11.5 Å². The summed E-state index contributed by atoms with van der Waals surface area (Å²) < 4.78 is 6.14. The van der Waals surface area contributed by atoms with Crippen molar-refractivity contribution in [1.82, 2.24) is 14.8 Å². The number of imide groups is 1. The van der Waals surface area contributed by atoms with Crippen molar-refractivity contribution in [2.24, 2.45) is 0 Å². The Morgan fingerprint density at radius 1 is 0.780 bits per heavy atom. The summed E-state index contributed by atoms with van der Waals surface area (Å²) in [6.07, 6.45) is 7.73. The molecular formula is C40H45N5O5. The molecule has 7 rings (SSSR count). The summed E-state index contributed by atoms with van der Waals surface area (Å²) in [6, 6.07) is 26.7. The van der Waals surface area contributed by atoms with Gasteiger partial charge in [-0.05, 0) is 97.5 Å². The van der Waals surface area contributed by atoms with Crippen molar-refractivity contribution in [1.29, 1.82) is 0 Å². The number of aryl methyl sites for hydroxylation is 1. The molecule has 2 fully saturated rings. The second kappa shape index (κ2) is 15.3. The lowest BCUT2D eigenvalue weighted by atomic mass is 9.69. The second-order valence-electron chi connectivity index (χ2n) is 13.6. The third-order valence-electron chi connectivity index (χ3n) is 10.4. The van der Waals surface area contributed by atoms with E-state index in [4.69, 9.17) is 4.74 Å². The Hall–Kier alpha value is -4.96. The summed E-state index contributed by atoms with van der Waals surface area (Å²) in [5.74, 6) is 1.04. The molecule has 3 heterocycles. The quantitative estimate of drug-likeness (QED) is 0.167. The van der Waals surface area contributed by atoms with Crippen LogP contribution >= 0.6 is 0 Å². The maximum Gasteiger partial charge on any atom is 0.288 e. The Labute approximate surface area is 292 Å². The first kappa shape index (κ1) is 33.5. The molecule has 3 aliphatic rings. The Bertz CT molecular complexity index is 1840. The number of piperazine rings is 1. The van der Waals surface area contributed by atoms with Gasteiger partial charge in [0.2, 0.25) is 11.8 Å². The van der Waals surface area contributed by atoms with Gasteiger partial charge in [-0.2, -0.15) is 10.1 Å². The molecule has 2 atom stereocenters. The minimum absolute atomic E-state index is 0.223. The first-order valence-electron chi connectivity index (χ1n) is 18.0. The second-order valence-corrected chi connectivity index (χ2v) is 13.6. The number of fused-ring (bicyclic) bond motifs is 1. The fraction of sp³-hybridized carbons (Fsp3) is 0.400. The molecule has 260 valence electrons. The van der Waals surface area contributed by atoms with Crippen LogP contribution in [0.15, 0.2) is 89.9 Å². The number of unbranched alkanes of at least 4 members (excludes halogenated alkanes) is 2. The predicted molar refractivity (Wildman–Crippen MR) is 192 cm³/mol. The van der Waals surface area contributed by atoms with E-state index in [1.807, 2.05) is 12.1 Å². The van der Waals surface area contributed by atoms with E-state index in [1.54, 1.807) is 6.20 Å². The topological polar surface area (TPSA) is 108 Å². The van der Waals surface area contributed by atoms with Crippen molar-refractivity contribution in [2.75, 3.05) is 49.2 Å². The van der Waals surface area contributed by atoms with Gasteiger partial charge in [-0.25, -0.2) is 0 Å². The van der Waals surface area contributed by atoms with Gasteiger partial charge in [0, 0.05) is 51.0 Å². The number of aromatic hydroxyl groups is 1. The van der Waals surface area contributed by atoms with Crippen molar-refractivity contribution in [2.45, 2.75) is 63.2 Å². The number of anilines is 1. The molecule has 3 aromatic carbocycles. The molecule has 0 saturated carbocycles.